The second kappa shape index (κ2) is 8.31. The van der Waals surface area contributed by atoms with Crippen LogP contribution in [0.2, 0.25) is 0 Å². The summed E-state index contributed by atoms with van der Waals surface area (Å²) in [5.74, 6) is -0.123. The third kappa shape index (κ3) is 4.58. The van der Waals surface area contributed by atoms with Gasteiger partial charge in [-0.25, -0.2) is 14.4 Å². The van der Waals surface area contributed by atoms with E-state index >= 15 is 0 Å². The molecule has 1 saturated heterocycles. The molecule has 1 aliphatic heterocycles. The average molecular weight is 328 g/mol. The molecule has 1 fully saturated rings. The summed E-state index contributed by atoms with van der Waals surface area (Å²) in [5.41, 5.74) is 2.93. The summed E-state index contributed by atoms with van der Waals surface area (Å²) in [5, 5.41) is 3.45. The zero-order chi connectivity index (χ0) is 16.8. The number of rotatable bonds is 5. The molecule has 2 aromatic rings. The minimum absolute atomic E-state index is 0.123. The minimum atomic E-state index is -0.123. The van der Waals surface area contributed by atoms with Crippen molar-refractivity contribution in [3.63, 3.8) is 0 Å². The SMILES string of the molecule is Cc1ccc(F)c(CN(Cc2cncnc2)[C@H]2CCCNCC2)c1. The highest BCUT2D eigenvalue weighted by molar-refractivity contribution is 5.24. The number of aryl methyl sites for hydroxylation is 1. The van der Waals surface area contributed by atoms with Crippen LogP contribution in [-0.4, -0.2) is 34.0 Å². The Kier molecular flexibility index (Phi) is 5.88. The molecule has 4 nitrogen and oxygen atoms in total. The molecule has 2 heterocycles. The Morgan fingerprint density at radius 3 is 2.83 bits per heavy atom. The standard InChI is InChI=1S/C19H25FN4/c1-15-4-5-19(20)17(9-15)13-24(12-16-10-22-14-23-11-16)18-3-2-7-21-8-6-18/h4-5,9-11,14,18,21H,2-3,6-8,12-13H2,1H3/t18-/m0/s1. The first-order valence-electron chi connectivity index (χ1n) is 8.66. The first-order chi connectivity index (χ1) is 11.7. The lowest BCUT2D eigenvalue weighted by molar-refractivity contribution is 0.162. The van der Waals surface area contributed by atoms with E-state index in [1.807, 2.05) is 31.5 Å². The topological polar surface area (TPSA) is 41.1 Å². The molecule has 24 heavy (non-hydrogen) atoms. The van der Waals surface area contributed by atoms with Gasteiger partial charge in [0.25, 0.3) is 0 Å². The molecule has 0 spiro atoms. The molecule has 1 aromatic carbocycles. The van der Waals surface area contributed by atoms with Gasteiger partial charge in [0.15, 0.2) is 0 Å². The van der Waals surface area contributed by atoms with E-state index in [1.54, 1.807) is 12.4 Å². The van der Waals surface area contributed by atoms with Crippen molar-refractivity contribution in [1.29, 1.82) is 0 Å². The van der Waals surface area contributed by atoms with Crippen molar-refractivity contribution in [1.82, 2.24) is 20.2 Å². The van der Waals surface area contributed by atoms with Crippen LogP contribution < -0.4 is 5.32 Å². The van der Waals surface area contributed by atoms with Gasteiger partial charge in [-0.15, -0.1) is 0 Å². The maximum Gasteiger partial charge on any atom is 0.127 e. The number of halogens is 1. The highest BCUT2D eigenvalue weighted by atomic mass is 19.1. The number of nitrogens with zero attached hydrogens (tertiary/aromatic N) is 3. The maximum atomic E-state index is 14.3. The van der Waals surface area contributed by atoms with Crippen molar-refractivity contribution in [2.45, 2.75) is 45.3 Å². The van der Waals surface area contributed by atoms with Crippen molar-refractivity contribution in [3.05, 3.63) is 59.4 Å². The summed E-state index contributed by atoms with van der Waals surface area (Å²) in [6, 6.07) is 5.80. The Bertz CT molecular complexity index is 639. The Hall–Kier alpha value is -1.85. The fourth-order valence-electron chi connectivity index (χ4n) is 3.37. The molecule has 5 heteroatoms. The number of hydrogen-bond donors (Lipinski definition) is 1. The fraction of sp³-hybridized carbons (Fsp3) is 0.474. The smallest absolute Gasteiger partial charge is 0.127 e. The normalized spacial score (nSPS) is 18.5. The molecule has 128 valence electrons. The van der Waals surface area contributed by atoms with Gasteiger partial charge in [0.05, 0.1) is 0 Å². The zero-order valence-corrected chi connectivity index (χ0v) is 14.2. The van der Waals surface area contributed by atoms with Crippen LogP contribution in [0.25, 0.3) is 0 Å². The Labute approximate surface area is 143 Å². The highest BCUT2D eigenvalue weighted by Gasteiger charge is 2.21. The van der Waals surface area contributed by atoms with Gasteiger partial charge in [0.1, 0.15) is 12.1 Å². The number of aromatic nitrogens is 2. The number of nitrogens with one attached hydrogen (secondary N) is 1. The third-order valence-corrected chi connectivity index (χ3v) is 4.64. The lowest BCUT2D eigenvalue weighted by atomic mass is 10.0. The fourth-order valence-corrected chi connectivity index (χ4v) is 3.37. The number of hydrogen-bond acceptors (Lipinski definition) is 4. The molecule has 1 aliphatic rings. The zero-order valence-electron chi connectivity index (χ0n) is 14.2. The van der Waals surface area contributed by atoms with Gasteiger partial charge in [0, 0.05) is 42.7 Å². The molecule has 0 saturated carbocycles. The minimum Gasteiger partial charge on any atom is -0.317 e. The molecule has 0 amide bonds. The largest absolute Gasteiger partial charge is 0.317 e. The number of benzene rings is 1. The van der Waals surface area contributed by atoms with Crippen LogP contribution in [0.1, 0.15) is 36.0 Å². The summed E-state index contributed by atoms with van der Waals surface area (Å²) in [6.07, 6.45) is 8.62. The van der Waals surface area contributed by atoms with Gasteiger partial charge in [0.2, 0.25) is 0 Å². The van der Waals surface area contributed by atoms with Crippen LogP contribution in [0.4, 0.5) is 4.39 Å². The van der Waals surface area contributed by atoms with Crippen molar-refractivity contribution in [2.24, 2.45) is 0 Å². The van der Waals surface area contributed by atoms with E-state index in [2.05, 4.69) is 20.2 Å². The summed E-state index contributed by atoms with van der Waals surface area (Å²) < 4.78 is 14.3. The van der Waals surface area contributed by atoms with E-state index < -0.39 is 0 Å². The van der Waals surface area contributed by atoms with Gasteiger partial charge < -0.3 is 5.32 Å². The van der Waals surface area contributed by atoms with Crippen LogP contribution in [0.15, 0.2) is 36.9 Å². The van der Waals surface area contributed by atoms with E-state index in [4.69, 9.17) is 0 Å². The van der Waals surface area contributed by atoms with E-state index in [-0.39, 0.29) is 5.82 Å². The molecule has 1 atom stereocenters. The van der Waals surface area contributed by atoms with E-state index in [0.29, 0.717) is 12.6 Å². The van der Waals surface area contributed by atoms with Crippen molar-refractivity contribution in [3.8, 4) is 0 Å². The van der Waals surface area contributed by atoms with Crippen LogP contribution >= 0.6 is 0 Å². The molecule has 3 rings (SSSR count). The van der Waals surface area contributed by atoms with Gasteiger partial charge in [-0.2, -0.15) is 0 Å². The Morgan fingerprint density at radius 2 is 2.00 bits per heavy atom. The van der Waals surface area contributed by atoms with Crippen LogP contribution in [-0.2, 0) is 13.1 Å². The molecule has 0 bridgehead atoms. The Morgan fingerprint density at radius 1 is 1.17 bits per heavy atom. The van der Waals surface area contributed by atoms with Crippen molar-refractivity contribution < 1.29 is 4.39 Å². The summed E-state index contributed by atoms with van der Waals surface area (Å²) in [7, 11) is 0. The van der Waals surface area contributed by atoms with Crippen LogP contribution in [0.3, 0.4) is 0 Å². The van der Waals surface area contributed by atoms with E-state index in [0.717, 1.165) is 55.6 Å². The highest BCUT2D eigenvalue weighted by Crippen LogP contribution is 2.21. The van der Waals surface area contributed by atoms with Gasteiger partial charge in [-0.05, 0) is 45.3 Å². The molecule has 1 N–H and O–H groups in total. The van der Waals surface area contributed by atoms with Crippen LogP contribution in [0.5, 0.6) is 0 Å². The van der Waals surface area contributed by atoms with Gasteiger partial charge in [-0.1, -0.05) is 17.7 Å². The molecule has 0 aliphatic carbocycles. The molecule has 0 unspecified atom stereocenters. The summed E-state index contributed by atoms with van der Waals surface area (Å²) in [6.45, 7) is 5.46. The molecular weight excluding hydrogens is 303 g/mol. The summed E-state index contributed by atoms with van der Waals surface area (Å²) >= 11 is 0. The summed E-state index contributed by atoms with van der Waals surface area (Å²) in [4.78, 5) is 10.6. The quantitative estimate of drug-likeness (QED) is 0.916. The third-order valence-electron chi connectivity index (χ3n) is 4.64. The van der Waals surface area contributed by atoms with Gasteiger partial charge in [-0.3, -0.25) is 4.90 Å². The van der Waals surface area contributed by atoms with Crippen molar-refractivity contribution >= 4 is 0 Å². The predicted molar refractivity (Wildman–Crippen MR) is 92.9 cm³/mol. The lowest BCUT2D eigenvalue weighted by Gasteiger charge is -2.31. The van der Waals surface area contributed by atoms with Crippen LogP contribution in [0, 0.1) is 12.7 Å². The lowest BCUT2D eigenvalue weighted by Crippen LogP contribution is -2.35. The second-order valence-electron chi connectivity index (χ2n) is 6.58. The second-order valence-corrected chi connectivity index (χ2v) is 6.58. The monoisotopic (exact) mass is 328 g/mol. The average Bonchev–Trinajstić information content (AvgIpc) is 2.88. The Balaban J connectivity index is 1.81. The first-order valence-corrected chi connectivity index (χ1v) is 8.66. The van der Waals surface area contributed by atoms with Gasteiger partial charge >= 0.3 is 0 Å². The first kappa shape index (κ1) is 17.0. The maximum absolute atomic E-state index is 14.3. The molecule has 1 aromatic heterocycles. The van der Waals surface area contributed by atoms with Crippen molar-refractivity contribution in [2.75, 3.05) is 13.1 Å². The van der Waals surface area contributed by atoms with E-state index in [1.165, 1.54) is 0 Å². The predicted octanol–water partition coefficient (Wildman–Crippen LogP) is 3.07. The van der Waals surface area contributed by atoms with E-state index in [9.17, 15) is 4.39 Å². The molecule has 0 radical (unpaired) electrons. The molecular formula is C19H25FN4.